The summed E-state index contributed by atoms with van der Waals surface area (Å²) < 4.78 is 80.1. The molecule has 0 aromatic heterocycles. The predicted molar refractivity (Wildman–Crippen MR) is 22.9 cm³/mol. The molecule has 9 heteroatoms. The van der Waals surface area contributed by atoms with Crippen LogP contribution in [-0.2, 0) is 4.94 Å². The molecule has 12 heavy (non-hydrogen) atoms. The largest absolute Gasteiger partial charge is 0.457 e. The topological polar surface area (TPSA) is 9.23 Å². The van der Waals surface area contributed by atoms with Gasteiger partial charge in [-0.05, 0) is 16.1 Å². The Hall–Kier alpha value is -0.240. The highest BCUT2D eigenvalue weighted by molar-refractivity contribution is 6.22. The fourth-order valence-corrected chi connectivity index (χ4v) is 0.323. The third-order valence-electron chi connectivity index (χ3n) is 0.818. The van der Waals surface area contributed by atoms with Gasteiger partial charge in [-0.1, -0.05) is 0 Å². The molecular formula is C3ClF7O. The van der Waals surface area contributed by atoms with E-state index in [2.05, 4.69) is 11.6 Å². The van der Waals surface area contributed by atoms with Gasteiger partial charge in [-0.15, -0.1) is 4.94 Å². The summed E-state index contributed by atoms with van der Waals surface area (Å²) in [6.45, 7) is 0. The molecule has 74 valence electrons. The summed E-state index contributed by atoms with van der Waals surface area (Å²) in [5, 5.41) is -5.59. The molecule has 0 spiro atoms. The van der Waals surface area contributed by atoms with E-state index in [1.165, 1.54) is 4.94 Å². The highest BCUT2D eigenvalue weighted by atomic mass is 35.5. The van der Waals surface area contributed by atoms with Crippen LogP contribution in [0.25, 0.3) is 0 Å². The summed E-state index contributed by atoms with van der Waals surface area (Å²) >= 11 is 3.58. The summed E-state index contributed by atoms with van der Waals surface area (Å²) in [6, 6.07) is 0. The lowest BCUT2D eigenvalue weighted by Gasteiger charge is -2.25. The van der Waals surface area contributed by atoms with Crippen molar-refractivity contribution in [3.63, 3.8) is 0 Å². The molecule has 0 aliphatic carbocycles. The standard InChI is InChI=1S/C3ClF7O/c4-2(7,8)1(5,6)3(9,10)12-11. The van der Waals surface area contributed by atoms with E-state index in [4.69, 9.17) is 0 Å². The molecule has 0 N–H and O–H groups in total. The van der Waals surface area contributed by atoms with Crippen LogP contribution < -0.4 is 0 Å². The predicted octanol–water partition coefficient (Wildman–Crippen LogP) is 2.95. The van der Waals surface area contributed by atoms with Crippen LogP contribution in [0.2, 0.25) is 0 Å². The van der Waals surface area contributed by atoms with Crippen molar-refractivity contribution in [3.05, 3.63) is 0 Å². The van der Waals surface area contributed by atoms with E-state index in [1.54, 1.807) is 0 Å². The summed E-state index contributed by atoms with van der Waals surface area (Å²) in [5.41, 5.74) is 0. The Morgan fingerprint density at radius 3 is 1.33 bits per heavy atom. The van der Waals surface area contributed by atoms with Crippen LogP contribution in [-0.4, -0.2) is 17.4 Å². The zero-order valence-electron chi connectivity index (χ0n) is 4.93. The fourth-order valence-electron chi connectivity index (χ4n) is 0.213. The molecule has 0 saturated heterocycles. The van der Waals surface area contributed by atoms with Gasteiger partial charge in [0.05, 0.1) is 0 Å². The number of hydrogen-bond acceptors (Lipinski definition) is 1. The Kier molecular flexibility index (Phi) is 2.85. The first-order valence-electron chi connectivity index (χ1n) is 2.18. The number of hydrogen-bond donors (Lipinski definition) is 0. The molecule has 0 atom stereocenters. The molecule has 0 aromatic carbocycles. The quantitative estimate of drug-likeness (QED) is 0.525. The Labute approximate surface area is 65.9 Å². The van der Waals surface area contributed by atoms with Crippen LogP contribution in [0, 0.1) is 0 Å². The van der Waals surface area contributed by atoms with E-state index < -0.39 is 17.4 Å². The van der Waals surface area contributed by atoms with Crippen LogP contribution in [0.3, 0.4) is 0 Å². The monoisotopic (exact) mass is 220 g/mol. The second-order valence-corrected chi connectivity index (χ2v) is 2.14. The van der Waals surface area contributed by atoms with E-state index in [0.717, 1.165) is 0 Å². The maximum absolute atomic E-state index is 11.7. The molecule has 0 unspecified atom stereocenters. The minimum absolute atomic E-state index is 1.38. The van der Waals surface area contributed by atoms with Gasteiger partial charge in [0.25, 0.3) is 0 Å². The average Bonchev–Trinajstić information content (AvgIpc) is 1.85. The third kappa shape index (κ3) is 1.74. The van der Waals surface area contributed by atoms with E-state index in [-0.39, 0.29) is 0 Å². The van der Waals surface area contributed by atoms with Crippen LogP contribution in [0.4, 0.5) is 30.9 Å². The Bertz CT molecular complexity index is 163. The molecule has 0 bridgehead atoms. The number of alkyl halides is 7. The molecule has 0 aliphatic heterocycles. The fraction of sp³-hybridized carbons (Fsp3) is 1.00. The molecule has 0 radical (unpaired) electrons. The van der Waals surface area contributed by atoms with Crippen molar-refractivity contribution < 1.29 is 35.8 Å². The Morgan fingerprint density at radius 1 is 0.917 bits per heavy atom. The van der Waals surface area contributed by atoms with Crippen molar-refractivity contribution in [2.45, 2.75) is 17.4 Å². The van der Waals surface area contributed by atoms with Crippen LogP contribution in [0.5, 0.6) is 0 Å². The van der Waals surface area contributed by atoms with Gasteiger partial charge in [0.2, 0.25) is 0 Å². The van der Waals surface area contributed by atoms with E-state index in [9.17, 15) is 30.9 Å². The van der Waals surface area contributed by atoms with Crippen molar-refractivity contribution in [2.24, 2.45) is 0 Å². The van der Waals surface area contributed by atoms with E-state index in [1.807, 2.05) is 0 Å². The maximum Gasteiger partial charge on any atom is 0.457 e. The van der Waals surface area contributed by atoms with E-state index in [0.29, 0.717) is 0 Å². The van der Waals surface area contributed by atoms with E-state index >= 15 is 0 Å². The second-order valence-electron chi connectivity index (χ2n) is 1.67. The smallest absolute Gasteiger partial charge is 0.188 e. The van der Waals surface area contributed by atoms with Gasteiger partial charge in [-0.3, -0.25) is 0 Å². The molecule has 0 aromatic rings. The zero-order chi connectivity index (χ0) is 10.2. The minimum Gasteiger partial charge on any atom is -0.188 e. The highest BCUT2D eigenvalue weighted by Gasteiger charge is 2.73. The molecular weight excluding hydrogens is 220 g/mol. The SMILES string of the molecule is FOC(F)(F)C(F)(F)C(F)(F)Cl. The van der Waals surface area contributed by atoms with Crippen molar-refractivity contribution in [1.29, 1.82) is 0 Å². The average molecular weight is 220 g/mol. The van der Waals surface area contributed by atoms with Gasteiger partial charge in [-0.25, -0.2) is 0 Å². The summed E-state index contributed by atoms with van der Waals surface area (Å²) in [5.74, 6) is -6.11. The number of halogens is 8. The minimum atomic E-state index is -6.11. The van der Waals surface area contributed by atoms with Gasteiger partial charge in [0, 0.05) is 0 Å². The number of rotatable bonds is 3. The van der Waals surface area contributed by atoms with Gasteiger partial charge >= 0.3 is 17.4 Å². The van der Waals surface area contributed by atoms with Gasteiger partial charge < -0.3 is 0 Å². The summed E-state index contributed by atoms with van der Waals surface area (Å²) in [6.07, 6.45) is -5.96. The van der Waals surface area contributed by atoms with Gasteiger partial charge in [-0.2, -0.15) is 26.3 Å². The molecule has 0 heterocycles. The van der Waals surface area contributed by atoms with Crippen molar-refractivity contribution in [2.75, 3.05) is 0 Å². The second kappa shape index (κ2) is 2.91. The first-order chi connectivity index (χ1) is 5.06. The molecule has 0 saturated carbocycles. The lowest BCUT2D eigenvalue weighted by Crippen LogP contribution is -2.51. The lowest BCUT2D eigenvalue weighted by atomic mass is 10.3. The Balaban J connectivity index is 4.85. The molecule has 0 aliphatic rings. The summed E-state index contributed by atoms with van der Waals surface area (Å²) in [4.78, 5) is 1.38. The van der Waals surface area contributed by atoms with Crippen LogP contribution >= 0.6 is 11.6 Å². The van der Waals surface area contributed by atoms with Crippen LogP contribution in [0.1, 0.15) is 0 Å². The first kappa shape index (κ1) is 11.8. The van der Waals surface area contributed by atoms with Crippen molar-refractivity contribution in [3.8, 4) is 0 Å². The third-order valence-corrected chi connectivity index (χ3v) is 1.06. The maximum atomic E-state index is 11.7. The first-order valence-corrected chi connectivity index (χ1v) is 2.56. The van der Waals surface area contributed by atoms with Crippen LogP contribution in [0.15, 0.2) is 0 Å². The molecule has 0 rings (SSSR count). The van der Waals surface area contributed by atoms with Gasteiger partial charge in [0.15, 0.2) is 0 Å². The van der Waals surface area contributed by atoms with Crippen molar-refractivity contribution in [1.82, 2.24) is 0 Å². The highest BCUT2D eigenvalue weighted by Crippen LogP contribution is 2.48. The Morgan fingerprint density at radius 2 is 1.25 bits per heavy atom. The molecule has 0 fully saturated rings. The molecule has 1 nitrogen and oxygen atoms in total. The lowest BCUT2D eigenvalue weighted by molar-refractivity contribution is -0.445. The normalized spacial score (nSPS) is 15.0. The van der Waals surface area contributed by atoms with Crippen molar-refractivity contribution >= 4 is 11.6 Å². The zero-order valence-corrected chi connectivity index (χ0v) is 5.69. The van der Waals surface area contributed by atoms with Gasteiger partial charge in [0.1, 0.15) is 0 Å². The molecule has 0 amide bonds. The summed E-state index contributed by atoms with van der Waals surface area (Å²) in [7, 11) is 0.